The van der Waals surface area contributed by atoms with E-state index in [9.17, 15) is 4.79 Å². The maximum atomic E-state index is 11.6. The van der Waals surface area contributed by atoms with Crippen LogP contribution in [0.1, 0.15) is 33.5 Å². The maximum absolute atomic E-state index is 11.6. The molecule has 0 unspecified atom stereocenters. The largest absolute Gasteiger partial charge is 0.368 e. The highest BCUT2D eigenvalue weighted by atomic mass is 16.5. The summed E-state index contributed by atoms with van der Waals surface area (Å²) in [5.41, 5.74) is -0.284. The van der Waals surface area contributed by atoms with Gasteiger partial charge in [-0.05, 0) is 27.7 Å². The molecule has 5 heteroatoms. The molecule has 0 radical (unpaired) electrons. The minimum Gasteiger partial charge on any atom is -0.368 e. The highest BCUT2D eigenvalue weighted by molar-refractivity contribution is 5.81. The summed E-state index contributed by atoms with van der Waals surface area (Å²) < 4.78 is 7.12. The Morgan fingerprint density at radius 1 is 1.50 bits per heavy atom. The predicted octanol–water partition coefficient (Wildman–Crippen LogP) is 1.22. The summed E-state index contributed by atoms with van der Waals surface area (Å²) in [5, 5.41) is 4.01. The Hall–Kier alpha value is -1.23. The monoisotopic (exact) mass is 225 g/mol. The number of aryl methyl sites for hydroxylation is 1. The number of nitrogens with zero attached hydrogens (tertiary/aromatic N) is 3. The van der Waals surface area contributed by atoms with E-state index in [1.54, 1.807) is 4.68 Å². The molecule has 0 amide bonds. The van der Waals surface area contributed by atoms with Gasteiger partial charge in [0.2, 0.25) is 0 Å². The van der Waals surface area contributed by atoms with Gasteiger partial charge in [0, 0.05) is 6.54 Å². The molecule has 5 nitrogen and oxygen atoms in total. The van der Waals surface area contributed by atoms with Crippen LogP contribution in [0.2, 0.25) is 0 Å². The lowest BCUT2D eigenvalue weighted by atomic mass is 10.2. The normalized spacial score (nSPS) is 11.8. The zero-order valence-corrected chi connectivity index (χ0v) is 10.4. The highest BCUT2D eigenvalue weighted by Crippen LogP contribution is 2.07. The number of rotatable bonds is 5. The summed E-state index contributed by atoms with van der Waals surface area (Å²) in [6, 6.07) is 0. The quantitative estimate of drug-likeness (QED) is 0.756. The molecule has 0 atom stereocenters. The van der Waals surface area contributed by atoms with Crippen LogP contribution >= 0.6 is 0 Å². The first kappa shape index (κ1) is 12.8. The van der Waals surface area contributed by atoms with E-state index in [0.717, 1.165) is 6.54 Å². The fourth-order valence-corrected chi connectivity index (χ4v) is 1.21. The molecule has 1 aromatic heterocycles. The number of ether oxygens (including phenoxy) is 1. The Kier molecular flexibility index (Phi) is 4.18. The molecule has 0 fully saturated rings. The summed E-state index contributed by atoms with van der Waals surface area (Å²) >= 11 is 0. The Morgan fingerprint density at radius 3 is 2.75 bits per heavy atom. The molecule has 16 heavy (non-hydrogen) atoms. The van der Waals surface area contributed by atoms with Gasteiger partial charge in [0.1, 0.15) is 18.8 Å². The first-order valence-electron chi connectivity index (χ1n) is 5.44. The Morgan fingerprint density at radius 2 is 2.19 bits per heavy atom. The van der Waals surface area contributed by atoms with E-state index in [1.807, 2.05) is 27.7 Å². The van der Waals surface area contributed by atoms with Gasteiger partial charge in [0.15, 0.2) is 5.78 Å². The molecule has 90 valence electrons. The summed E-state index contributed by atoms with van der Waals surface area (Å²) in [7, 11) is 0. The van der Waals surface area contributed by atoms with Crippen molar-refractivity contribution in [3.63, 3.8) is 0 Å². The van der Waals surface area contributed by atoms with E-state index in [-0.39, 0.29) is 24.4 Å². The highest BCUT2D eigenvalue weighted by Gasteiger charge is 2.15. The van der Waals surface area contributed by atoms with E-state index in [1.165, 1.54) is 6.33 Å². The zero-order valence-electron chi connectivity index (χ0n) is 10.4. The topological polar surface area (TPSA) is 57.0 Å². The number of carbonyl (C=O) groups excluding carboxylic acids is 1. The molecular weight excluding hydrogens is 206 g/mol. The molecule has 0 aliphatic heterocycles. The molecule has 1 aromatic rings. The standard InChI is InChI=1S/C11H19N3O2/c1-5-14-10(12-8-13-14)6-9(15)7-16-11(2,3)4/h8H,5-7H2,1-4H3. The number of hydrogen-bond acceptors (Lipinski definition) is 4. The third kappa shape index (κ3) is 4.10. The smallest absolute Gasteiger partial charge is 0.166 e. The minimum absolute atomic E-state index is 0.0256. The van der Waals surface area contributed by atoms with Crippen LogP contribution in [0.4, 0.5) is 0 Å². The Bertz CT molecular complexity index is 352. The van der Waals surface area contributed by atoms with Gasteiger partial charge in [-0.25, -0.2) is 9.67 Å². The van der Waals surface area contributed by atoms with Crippen molar-refractivity contribution in [2.75, 3.05) is 6.61 Å². The van der Waals surface area contributed by atoms with Crippen molar-refractivity contribution in [1.82, 2.24) is 14.8 Å². The van der Waals surface area contributed by atoms with Crippen LogP contribution in [0, 0.1) is 0 Å². The average Bonchev–Trinajstić information content (AvgIpc) is 2.61. The van der Waals surface area contributed by atoms with Crippen LogP contribution in [0.5, 0.6) is 0 Å². The predicted molar refractivity (Wildman–Crippen MR) is 60.1 cm³/mol. The van der Waals surface area contributed by atoms with Gasteiger partial charge in [-0.3, -0.25) is 4.79 Å². The number of hydrogen-bond donors (Lipinski definition) is 0. The number of Topliss-reactive ketones (excluding diaryl/α,β-unsaturated/α-hetero) is 1. The van der Waals surface area contributed by atoms with Crippen LogP contribution < -0.4 is 0 Å². The summed E-state index contributed by atoms with van der Waals surface area (Å²) in [5.74, 6) is 0.725. The number of carbonyl (C=O) groups is 1. The molecule has 0 aromatic carbocycles. The van der Waals surface area contributed by atoms with Crippen LogP contribution in [0.15, 0.2) is 6.33 Å². The second-order valence-corrected chi connectivity index (χ2v) is 4.61. The molecular formula is C11H19N3O2. The van der Waals surface area contributed by atoms with Crippen molar-refractivity contribution in [2.45, 2.75) is 46.3 Å². The minimum atomic E-state index is -0.284. The fraction of sp³-hybridized carbons (Fsp3) is 0.727. The Balaban J connectivity index is 2.46. The Labute approximate surface area is 95.8 Å². The van der Waals surface area contributed by atoms with Crippen molar-refractivity contribution in [1.29, 1.82) is 0 Å². The van der Waals surface area contributed by atoms with Crippen LogP contribution in [0.25, 0.3) is 0 Å². The van der Waals surface area contributed by atoms with E-state index in [0.29, 0.717) is 5.82 Å². The first-order chi connectivity index (χ1) is 7.42. The van der Waals surface area contributed by atoms with Crippen LogP contribution in [0.3, 0.4) is 0 Å². The van der Waals surface area contributed by atoms with Crippen molar-refractivity contribution >= 4 is 5.78 Å². The van der Waals surface area contributed by atoms with Gasteiger partial charge in [-0.1, -0.05) is 0 Å². The molecule has 0 spiro atoms. The molecule has 0 N–H and O–H groups in total. The summed E-state index contributed by atoms with van der Waals surface area (Å²) in [4.78, 5) is 15.7. The molecule has 1 rings (SSSR count). The van der Waals surface area contributed by atoms with E-state index in [2.05, 4.69) is 10.1 Å². The lowest BCUT2D eigenvalue weighted by Crippen LogP contribution is -2.25. The third-order valence-corrected chi connectivity index (χ3v) is 2.02. The second-order valence-electron chi connectivity index (χ2n) is 4.61. The van der Waals surface area contributed by atoms with Crippen LogP contribution in [-0.2, 0) is 22.5 Å². The lowest BCUT2D eigenvalue weighted by Gasteiger charge is -2.18. The number of ketones is 1. The van der Waals surface area contributed by atoms with Crippen LogP contribution in [-0.4, -0.2) is 32.8 Å². The molecule has 0 bridgehead atoms. The van der Waals surface area contributed by atoms with Crippen molar-refractivity contribution < 1.29 is 9.53 Å². The average molecular weight is 225 g/mol. The van der Waals surface area contributed by atoms with Gasteiger partial charge >= 0.3 is 0 Å². The summed E-state index contributed by atoms with van der Waals surface area (Å²) in [6.07, 6.45) is 1.75. The van der Waals surface area contributed by atoms with E-state index in [4.69, 9.17) is 4.74 Å². The third-order valence-electron chi connectivity index (χ3n) is 2.02. The van der Waals surface area contributed by atoms with Gasteiger partial charge in [0.05, 0.1) is 12.0 Å². The van der Waals surface area contributed by atoms with Gasteiger partial charge in [0.25, 0.3) is 0 Å². The first-order valence-corrected chi connectivity index (χ1v) is 5.44. The maximum Gasteiger partial charge on any atom is 0.166 e. The number of aromatic nitrogens is 3. The SMILES string of the molecule is CCn1ncnc1CC(=O)COC(C)(C)C. The van der Waals surface area contributed by atoms with E-state index < -0.39 is 0 Å². The van der Waals surface area contributed by atoms with Gasteiger partial charge in [-0.2, -0.15) is 5.10 Å². The lowest BCUT2D eigenvalue weighted by molar-refractivity contribution is -0.127. The zero-order chi connectivity index (χ0) is 12.2. The second kappa shape index (κ2) is 5.21. The molecule has 0 saturated heterocycles. The molecule has 0 aliphatic rings. The summed E-state index contributed by atoms with van der Waals surface area (Å²) in [6.45, 7) is 8.59. The van der Waals surface area contributed by atoms with Gasteiger partial charge < -0.3 is 4.74 Å². The molecule has 0 saturated carbocycles. The molecule has 1 heterocycles. The molecule has 0 aliphatic carbocycles. The fourth-order valence-electron chi connectivity index (χ4n) is 1.21. The van der Waals surface area contributed by atoms with Gasteiger partial charge in [-0.15, -0.1) is 0 Å². The van der Waals surface area contributed by atoms with Crippen molar-refractivity contribution in [3.8, 4) is 0 Å². The van der Waals surface area contributed by atoms with Crippen molar-refractivity contribution in [3.05, 3.63) is 12.2 Å². The van der Waals surface area contributed by atoms with E-state index >= 15 is 0 Å². The van der Waals surface area contributed by atoms with Crippen molar-refractivity contribution in [2.24, 2.45) is 0 Å².